The van der Waals surface area contributed by atoms with Crippen LogP contribution in [0.3, 0.4) is 0 Å². The van der Waals surface area contributed by atoms with Crippen molar-refractivity contribution in [1.29, 1.82) is 0 Å². The Hall–Kier alpha value is -3.97. The molecule has 6 aromatic rings. The predicted molar refractivity (Wildman–Crippen MR) is 124 cm³/mol. The smallest absolute Gasteiger partial charge is 0.137 e. The summed E-state index contributed by atoms with van der Waals surface area (Å²) in [5.41, 5.74) is 8.62. The van der Waals surface area contributed by atoms with E-state index < -0.39 is 0 Å². The van der Waals surface area contributed by atoms with Crippen LogP contribution in [-0.4, -0.2) is 32.3 Å². The highest BCUT2D eigenvalue weighted by atomic mass is 32.1. The van der Waals surface area contributed by atoms with Crippen LogP contribution in [0.2, 0.25) is 0 Å². The topological polar surface area (TPSA) is 79.5 Å². The molecule has 6 nitrogen and oxygen atoms in total. The number of thiophene rings is 1. The van der Waals surface area contributed by atoms with Gasteiger partial charge in [-0.05, 0) is 58.3 Å². The summed E-state index contributed by atoms with van der Waals surface area (Å²) in [6.45, 7) is 0. The van der Waals surface area contributed by atoms with Gasteiger partial charge in [0.05, 0.1) is 30.2 Å². The minimum Gasteiger partial charge on any atom is -0.495 e. The number of hydrogen-bond donors (Lipinski definition) is 2. The molecule has 0 aliphatic carbocycles. The van der Waals surface area contributed by atoms with Crippen molar-refractivity contribution in [3.63, 3.8) is 0 Å². The maximum atomic E-state index is 5.30. The Balaban J connectivity index is 1.50. The molecule has 0 amide bonds. The first-order valence-electron chi connectivity index (χ1n) is 9.79. The second kappa shape index (κ2) is 7.07. The van der Waals surface area contributed by atoms with E-state index in [4.69, 9.17) is 9.72 Å². The van der Waals surface area contributed by atoms with Crippen LogP contribution in [0.1, 0.15) is 0 Å². The third kappa shape index (κ3) is 2.98. The largest absolute Gasteiger partial charge is 0.495 e. The van der Waals surface area contributed by atoms with Crippen LogP contribution in [0.15, 0.2) is 71.7 Å². The van der Waals surface area contributed by atoms with E-state index in [0.29, 0.717) is 5.75 Å². The van der Waals surface area contributed by atoms with Crippen LogP contribution in [0.4, 0.5) is 0 Å². The third-order valence-corrected chi connectivity index (χ3v) is 6.09. The molecule has 150 valence electrons. The molecular weight excluding hydrogens is 406 g/mol. The lowest BCUT2D eigenvalue weighted by Crippen LogP contribution is -1.89. The highest BCUT2D eigenvalue weighted by Crippen LogP contribution is 2.35. The molecule has 2 N–H and O–H groups in total. The number of nitrogens with zero attached hydrogens (tertiary/aromatic N) is 3. The number of nitrogens with one attached hydrogen (secondary N) is 2. The second-order valence-corrected chi connectivity index (χ2v) is 8.02. The summed E-state index contributed by atoms with van der Waals surface area (Å²) >= 11 is 1.70. The van der Waals surface area contributed by atoms with Crippen molar-refractivity contribution in [2.24, 2.45) is 0 Å². The van der Waals surface area contributed by atoms with E-state index >= 15 is 0 Å². The van der Waals surface area contributed by atoms with Crippen molar-refractivity contribution in [3.8, 4) is 39.5 Å². The molecule has 0 bridgehead atoms. The number of pyridine rings is 2. The summed E-state index contributed by atoms with van der Waals surface area (Å²) in [6.07, 6.45) is 3.47. The molecule has 0 aliphatic heterocycles. The van der Waals surface area contributed by atoms with Crippen molar-refractivity contribution in [1.82, 2.24) is 25.1 Å². The van der Waals surface area contributed by atoms with Gasteiger partial charge in [0, 0.05) is 22.7 Å². The lowest BCUT2D eigenvalue weighted by Gasteiger charge is -2.04. The van der Waals surface area contributed by atoms with Gasteiger partial charge < -0.3 is 9.72 Å². The van der Waals surface area contributed by atoms with Gasteiger partial charge in [-0.1, -0.05) is 12.1 Å². The summed E-state index contributed by atoms with van der Waals surface area (Å²) in [5.74, 6) is 0.698. The van der Waals surface area contributed by atoms with Crippen LogP contribution < -0.4 is 4.74 Å². The number of ether oxygens (including phenoxy) is 1. The highest BCUT2D eigenvalue weighted by Gasteiger charge is 2.15. The van der Waals surface area contributed by atoms with Crippen molar-refractivity contribution >= 4 is 33.3 Å². The zero-order valence-corrected chi connectivity index (χ0v) is 17.4. The second-order valence-electron chi connectivity index (χ2n) is 7.24. The molecule has 5 heterocycles. The molecule has 6 rings (SSSR count). The maximum absolute atomic E-state index is 5.30. The molecule has 0 aliphatic rings. The first-order valence-corrected chi connectivity index (χ1v) is 10.7. The molecule has 1 aromatic carbocycles. The lowest BCUT2D eigenvalue weighted by atomic mass is 10.0. The highest BCUT2D eigenvalue weighted by molar-refractivity contribution is 7.08. The standard InChI is InChI=1S/C24H17N5OS/c1-30-16-9-15(11-25-12-16)19-5-6-21-23(27-19)24(29-28-21)22-10-18-17(14-7-8-31-13-14)3-2-4-20(18)26-22/h2-13,26H,1H3,(H,28,29). The molecule has 7 heteroatoms. The van der Waals surface area contributed by atoms with Crippen LogP contribution in [0, 0.1) is 0 Å². The van der Waals surface area contributed by atoms with Crippen LogP contribution in [-0.2, 0) is 0 Å². The molecule has 0 saturated carbocycles. The van der Waals surface area contributed by atoms with Crippen molar-refractivity contribution in [2.45, 2.75) is 0 Å². The van der Waals surface area contributed by atoms with E-state index in [1.165, 1.54) is 16.5 Å². The predicted octanol–water partition coefficient (Wildman–Crippen LogP) is 5.91. The summed E-state index contributed by atoms with van der Waals surface area (Å²) in [5, 5.41) is 13.1. The first-order chi connectivity index (χ1) is 15.3. The molecule has 31 heavy (non-hydrogen) atoms. The molecule has 0 saturated heterocycles. The number of hydrogen-bond acceptors (Lipinski definition) is 5. The Bertz CT molecular complexity index is 1530. The van der Waals surface area contributed by atoms with E-state index in [1.54, 1.807) is 30.8 Å². The van der Waals surface area contributed by atoms with Gasteiger partial charge in [-0.2, -0.15) is 16.4 Å². The van der Waals surface area contributed by atoms with E-state index in [0.717, 1.165) is 39.2 Å². The fourth-order valence-corrected chi connectivity index (χ4v) is 4.53. The molecule has 0 radical (unpaired) electrons. The Morgan fingerprint density at radius 2 is 1.94 bits per heavy atom. The number of fused-ring (bicyclic) bond motifs is 2. The minimum absolute atomic E-state index is 0.698. The fourth-order valence-electron chi connectivity index (χ4n) is 3.87. The summed E-state index contributed by atoms with van der Waals surface area (Å²) in [6, 6.07) is 16.5. The van der Waals surface area contributed by atoms with Gasteiger partial charge in [0.25, 0.3) is 0 Å². The lowest BCUT2D eigenvalue weighted by molar-refractivity contribution is 0.413. The van der Waals surface area contributed by atoms with Crippen LogP contribution in [0.25, 0.3) is 55.7 Å². The Labute approximate surface area is 181 Å². The van der Waals surface area contributed by atoms with Crippen LogP contribution >= 0.6 is 11.3 Å². The van der Waals surface area contributed by atoms with Crippen molar-refractivity contribution in [2.75, 3.05) is 7.11 Å². The van der Waals surface area contributed by atoms with Crippen LogP contribution in [0.5, 0.6) is 5.75 Å². The monoisotopic (exact) mass is 423 g/mol. The molecule has 5 aromatic heterocycles. The summed E-state index contributed by atoms with van der Waals surface area (Å²) < 4.78 is 5.30. The average Bonchev–Trinajstić information content (AvgIpc) is 3.57. The first kappa shape index (κ1) is 17.9. The summed E-state index contributed by atoms with van der Waals surface area (Å²) in [4.78, 5) is 12.7. The van der Waals surface area contributed by atoms with Gasteiger partial charge >= 0.3 is 0 Å². The maximum Gasteiger partial charge on any atom is 0.137 e. The number of aromatic amines is 2. The molecule has 0 unspecified atom stereocenters. The fraction of sp³-hybridized carbons (Fsp3) is 0.0417. The number of benzene rings is 1. The minimum atomic E-state index is 0.698. The van der Waals surface area contributed by atoms with E-state index in [-0.39, 0.29) is 0 Å². The van der Waals surface area contributed by atoms with Gasteiger partial charge in [-0.25, -0.2) is 4.98 Å². The molecular formula is C24H17N5OS. The van der Waals surface area contributed by atoms with Crippen molar-refractivity contribution in [3.05, 3.63) is 71.7 Å². The van der Waals surface area contributed by atoms with E-state index in [1.807, 2.05) is 18.2 Å². The van der Waals surface area contributed by atoms with Crippen molar-refractivity contribution < 1.29 is 4.74 Å². The SMILES string of the molecule is COc1cncc(-c2ccc3[nH]nc(-c4cc5c(-c6ccsc6)cccc5[nH]4)c3n2)c1. The van der Waals surface area contributed by atoms with Gasteiger partial charge in [-0.15, -0.1) is 0 Å². The number of H-pyrrole nitrogens is 2. The Morgan fingerprint density at radius 3 is 2.81 bits per heavy atom. The Kier molecular flexibility index (Phi) is 4.07. The number of rotatable bonds is 4. The normalized spacial score (nSPS) is 11.4. The zero-order chi connectivity index (χ0) is 20.8. The van der Waals surface area contributed by atoms with E-state index in [2.05, 4.69) is 61.3 Å². The van der Waals surface area contributed by atoms with Gasteiger partial charge in [0.2, 0.25) is 0 Å². The van der Waals surface area contributed by atoms with Gasteiger partial charge in [-0.3, -0.25) is 10.1 Å². The Morgan fingerprint density at radius 1 is 0.968 bits per heavy atom. The zero-order valence-electron chi connectivity index (χ0n) is 16.6. The average molecular weight is 424 g/mol. The van der Waals surface area contributed by atoms with E-state index in [9.17, 15) is 0 Å². The third-order valence-electron chi connectivity index (χ3n) is 5.40. The van der Waals surface area contributed by atoms with Gasteiger partial charge in [0.1, 0.15) is 17.0 Å². The number of methoxy groups -OCH3 is 1. The number of aromatic nitrogens is 5. The molecule has 0 fully saturated rings. The van der Waals surface area contributed by atoms with Gasteiger partial charge in [0.15, 0.2) is 0 Å². The summed E-state index contributed by atoms with van der Waals surface area (Å²) in [7, 11) is 1.63. The quantitative estimate of drug-likeness (QED) is 0.370. The molecule has 0 atom stereocenters. The molecule has 0 spiro atoms.